The van der Waals surface area contributed by atoms with Crippen LogP contribution in [0.1, 0.15) is 42.5 Å². The quantitative estimate of drug-likeness (QED) is 0.369. The molecule has 2 aliphatic heterocycles. The van der Waals surface area contributed by atoms with E-state index < -0.39 is 5.91 Å². The molecule has 8 heteroatoms. The van der Waals surface area contributed by atoms with Crippen LogP contribution in [0.15, 0.2) is 21.5 Å². The number of nitrogens with zero attached hydrogens (tertiary/aromatic N) is 1. The van der Waals surface area contributed by atoms with Crippen molar-refractivity contribution in [2.45, 2.75) is 51.0 Å². The second kappa shape index (κ2) is 8.00. The van der Waals surface area contributed by atoms with Gasteiger partial charge in [0.1, 0.15) is 12.3 Å². The number of carbonyl (C=O) groups is 1. The zero-order valence-corrected chi connectivity index (χ0v) is 15.4. The van der Waals surface area contributed by atoms with Gasteiger partial charge in [-0.2, -0.15) is 0 Å². The minimum absolute atomic E-state index is 0. The van der Waals surface area contributed by atoms with Gasteiger partial charge in [0, 0.05) is 6.54 Å². The van der Waals surface area contributed by atoms with Gasteiger partial charge in [-0.1, -0.05) is 0 Å². The molecule has 1 aromatic heterocycles. The fourth-order valence-corrected chi connectivity index (χ4v) is 3.04. The number of carbonyl (C=O) groups excluding carboxylic acids is 1. The van der Waals surface area contributed by atoms with E-state index in [1.165, 1.54) is 6.42 Å². The van der Waals surface area contributed by atoms with Gasteiger partial charge in [0.2, 0.25) is 0 Å². The van der Waals surface area contributed by atoms with E-state index in [-0.39, 0.29) is 29.7 Å². The number of furan rings is 1. The van der Waals surface area contributed by atoms with E-state index in [0.29, 0.717) is 30.6 Å². The van der Waals surface area contributed by atoms with Crippen LogP contribution in [0.5, 0.6) is 0 Å². The van der Waals surface area contributed by atoms with Gasteiger partial charge in [0.15, 0.2) is 11.7 Å². The Morgan fingerprint density at radius 3 is 2.83 bits per heavy atom. The minimum atomic E-state index is -0.570. The molecule has 3 rings (SSSR count). The van der Waals surface area contributed by atoms with Crippen LogP contribution in [0, 0.1) is 0 Å². The van der Waals surface area contributed by atoms with Crippen molar-refractivity contribution in [2.75, 3.05) is 6.54 Å². The molecule has 2 bridgehead atoms. The van der Waals surface area contributed by atoms with Crippen LogP contribution in [0.4, 0.5) is 0 Å². The molecule has 1 amide bonds. The van der Waals surface area contributed by atoms with Crippen molar-refractivity contribution < 1.29 is 13.9 Å². The average Bonchev–Trinajstić information content (AvgIpc) is 3.21. The van der Waals surface area contributed by atoms with Crippen molar-refractivity contribution in [2.24, 2.45) is 10.7 Å². The first kappa shape index (κ1) is 18.1. The maximum Gasteiger partial charge on any atom is 0.284 e. The number of nitrogens with one attached hydrogen (secondary N) is 2. The molecule has 23 heavy (non-hydrogen) atoms. The molecule has 0 saturated carbocycles. The number of halogens is 1. The van der Waals surface area contributed by atoms with E-state index in [2.05, 4.69) is 15.6 Å². The Labute approximate surface area is 152 Å². The molecule has 128 valence electrons. The predicted octanol–water partition coefficient (Wildman–Crippen LogP) is 1.37. The summed E-state index contributed by atoms with van der Waals surface area (Å²) in [6.45, 7) is 3.15. The lowest BCUT2D eigenvalue weighted by Crippen LogP contribution is -2.47. The van der Waals surface area contributed by atoms with Gasteiger partial charge in [0.25, 0.3) is 5.91 Å². The fourth-order valence-electron chi connectivity index (χ4n) is 3.04. The average molecular weight is 434 g/mol. The van der Waals surface area contributed by atoms with E-state index in [1.54, 1.807) is 12.1 Å². The summed E-state index contributed by atoms with van der Waals surface area (Å²) in [7, 11) is 0. The Morgan fingerprint density at radius 1 is 1.43 bits per heavy atom. The number of amides is 1. The number of ether oxygens (including phenoxy) is 1. The fraction of sp³-hybridized carbons (Fsp3) is 0.600. The molecule has 3 unspecified atom stereocenters. The summed E-state index contributed by atoms with van der Waals surface area (Å²) in [5.41, 5.74) is 5.17. The highest BCUT2D eigenvalue weighted by Crippen LogP contribution is 2.34. The Kier molecular flexibility index (Phi) is 6.28. The minimum Gasteiger partial charge on any atom is -0.454 e. The first-order chi connectivity index (χ1) is 10.7. The Bertz CT molecular complexity index is 575. The zero-order chi connectivity index (χ0) is 15.5. The lowest BCUT2D eigenvalue weighted by atomic mass is 9.96. The molecule has 0 aliphatic carbocycles. The van der Waals surface area contributed by atoms with E-state index in [9.17, 15) is 4.79 Å². The van der Waals surface area contributed by atoms with Crippen LogP contribution >= 0.6 is 24.0 Å². The van der Waals surface area contributed by atoms with Crippen LogP contribution < -0.4 is 16.4 Å². The van der Waals surface area contributed by atoms with Crippen LogP contribution in [-0.4, -0.2) is 36.7 Å². The summed E-state index contributed by atoms with van der Waals surface area (Å²) in [5.74, 6) is 0.930. The molecule has 1 aromatic rings. The monoisotopic (exact) mass is 434 g/mol. The molecule has 3 atom stereocenters. The molecule has 2 aliphatic rings. The highest BCUT2D eigenvalue weighted by molar-refractivity contribution is 14.0. The SMILES string of the molecule is CCNC(=NCc1ccc(C(N)=O)o1)NC1CC2CCC1O2.I. The maximum absolute atomic E-state index is 11.0. The standard InChI is InChI=1S/C15H22N4O3.HI/c1-2-17-15(19-11-7-9-3-5-12(11)21-9)18-8-10-4-6-13(22-10)14(16)20;/h4,6,9,11-12H,2-3,5,7-8H2,1H3,(H2,16,20)(H2,17,18,19);1H. The molecule has 7 nitrogen and oxygen atoms in total. The molecule has 2 fully saturated rings. The van der Waals surface area contributed by atoms with Crippen LogP contribution in [0.3, 0.4) is 0 Å². The van der Waals surface area contributed by atoms with Crippen molar-refractivity contribution in [1.29, 1.82) is 0 Å². The Hall–Kier alpha value is -1.29. The first-order valence-electron chi connectivity index (χ1n) is 7.74. The Balaban J connectivity index is 0.00000192. The van der Waals surface area contributed by atoms with E-state index in [0.717, 1.165) is 25.3 Å². The summed E-state index contributed by atoms with van der Waals surface area (Å²) in [5, 5.41) is 6.65. The van der Waals surface area contributed by atoms with Gasteiger partial charge >= 0.3 is 0 Å². The topological polar surface area (TPSA) is 102 Å². The van der Waals surface area contributed by atoms with Gasteiger partial charge in [-0.05, 0) is 38.3 Å². The maximum atomic E-state index is 11.0. The summed E-state index contributed by atoms with van der Waals surface area (Å²) in [4.78, 5) is 15.5. The largest absolute Gasteiger partial charge is 0.454 e. The van der Waals surface area contributed by atoms with Crippen molar-refractivity contribution >= 4 is 35.8 Å². The van der Waals surface area contributed by atoms with E-state index in [1.807, 2.05) is 6.92 Å². The van der Waals surface area contributed by atoms with Crippen LogP contribution in [-0.2, 0) is 11.3 Å². The smallest absolute Gasteiger partial charge is 0.284 e. The van der Waals surface area contributed by atoms with Gasteiger partial charge in [-0.25, -0.2) is 4.99 Å². The number of nitrogens with two attached hydrogens (primary N) is 1. The molecule has 0 spiro atoms. The molecule has 2 saturated heterocycles. The summed E-state index contributed by atoms with van der Waals surface area (Å²) in [6, 6.07) is 3.60. The summed E-state index contributed by atoms with van der Waals surface area (Å²) in [6.07, 6.45) is 4.00. The molecular weight excluding hydrogens is 411 g/mol. The highest BCUT2D eigenvalue weighted by Gasteiger charge is 2.41. The van der Waals surface area contributed by atoms with Crippen molar-refractivity contribution in [3.05, 3.63) is 23.7 Å². The van der Waals surface area contributed by atoms with Crippen molar-refractivity contribution in [3.63, 3.8) is 0 Å². The number of rotatable bonds is 5. The van der Waals surface area contributed by atoms with E-state index in [4.69, 9.17) is 14.9 Å². The van der Waals surface area contributed by atoms with Crippen molar-refractivity contribution in [1.82, 2.24) is 10.6 Å². The third-order valence-electron chi connectivity index (χ3n) is 4.07. The lowest BCUT2D eigenvalue weighted by Gasteiger charge is -2.22. The molecule has 3 heterocycles. The van der Waals surface area contributed by atoms with Gasteiger partial charge in [-0.3, -0.25) is 4.79 Å². The lowest BCUT2D eigenvalue weighted by molar-refractivity contribution is 0.0971. The van der Waals surface area contributed by atoms with Gasteiger partial charge < -0.3 is 25.5 Å². The molecule has 0 radical (unpaired) electrons. The highest BCUT2D eigenvalue weighted by atomic mass is 127. The van der Waals surface area contributed by atoms with Crippen LogP contribution in [0.2, 0.25) is 0 Å². The number of hydrogen-bond acceptors (Lipinski definition) is 4. The molecular formula is C15H23IN4O3. The Morgan fingerprint density at radius 2 is 2.26 bits per heavy atom. The third-order valence-corrected chi connectivity index (χ3v) is 4.07. The summed E-state index contributed by atoms with van der Waals surface area (Å²) < 4.78 is 11.2. The number of hydrogen-bond donors (Lipinski definition) is 3. The zero-order valence-electron chi connectivity index (χ0n) is 13.1. The molecule has 4 N–H and O–H groups in total. The third kappa shape index (κ3) is 4.37. The predicted molar refractivity (Wildman–Crippen MR) is 96.9 cm³/mol. The van der Waals surface area contributed by atoms with Gasteiger partial charge in [-0.15, -0.1) is 24.0 Å². The number of primary amides is 1. The normalized spacial score (nSPS) is 26.0. The second-order valence-corrected chi connectivity index (χ2v) is 5.69. The van der Waals surface area contributed by atoms with Gasteiger partial charge in [0.05, 0.1) is 18.2 Å². The van der Waals surface area contributed by atoms with E-state index >= 15 is 0 Å². The number of fused-ring (bicyclic) bond motifs is 2. The summed E-state index contributed by atoms with van der Waals surface area (Å²) >= 11 is 0. The second-order valence-electron chi connectivity index (χ2n) is 5.69. The number of guanidine groups is 1. The first-order valence-corrected chi connectivity index (χ1v) is 7.74. The molecule has 0 aromatic carbocycles. The van der Waals surface area contributed by atoms with Crippen LogP contribution in [0.25, 0.3) is 0 Å². The number of aliphatic imine (C=N–C) groups is 1. The van der Waals surface area contributed by atoms with Crippen molar-refractivity contribution in [3.8, 4) is 0 Å².